The van der Waals surface area contributed by atoms with Gasteiger partial charge >= 0.3 is 0 Å². The molecule has 2 rings (SSSR count). The fraction of sp³-hybridized carbons (Fsp3) is 0.500. The third-order valence-electron chi connectivity index (χ3n) is 3.85. The summed E-state index contributed by atoms with van der Waals surface area (Å²) in [7, 11) is 1.81. The van der Waals surface area contributed by atoms with Crippen molar-refractivity contribution in [3.05, 3.63) is 42.1 Å². The zero-order valence-electron chi connectivity index (χ0n) is 13.3. The molecule has 0 aliphatic heterocycles. The Kier molecular flexibility index (Phi) is 6.15. The summed E-state index contributed by atoms with van der Waals surface area (Å²) in [5.74, 6) is 0. The van der Waals surface area contributed by atoms with E-state index in [2.05, 4.69) is 48.4 Å². The summed E-state index contributed by atoms with van der Waals surface area (Å²) in [6.45, 7) is 5.39. The third kappa shape index (κ3) is 4.02. The maximum atomic E-state index is 5.74. The smallest absolute Gasteiger partial charge is 0.0765 e. The zero-order valence-corrected chi connectivity index (χ0v) is 13.3. The molecular weight excluding hydrogens is 260 g/mol. The van der Waals surface area contributed by atoms with Gasteiger partial charge in [-0.15, -0.1) is 0 Å². The minimum atomic E-state index is 0.204. The van der Waals surface area contributed by atoms with Gasteiger partial charge in [-0.2, -0.15) is 0 Å². The molecule has 2 unspecified atom stereocenters. The molecule has 0 bridgehead atoms. The van der Waals surface area contributed by atoms with Gasteiger partial charge in [-0.3, -0.25) is 4.98 Å². The van der Waals surface area contributed by atoms with Crippen molar-refractivity contribution >= 4 is 10.9 Å². The Morgan fingerprint density at radius 3 is 2.76 bits per heavy atom. The van der Waals surface area contributed by atoms with Crippen LogP contribution in [-0.2, 0) is 4.74 Å². The molecule has 2 aromatic rings. The van der Waals surface area contributed by atoms with Crippen LogP contribution in [0.25, 0.3) is 10.9 Å². The van der Waals surface area contributed by atoms with Crippen molar-refractivity contribution in [3.63, 3.8) is 0 Å². The average Bonchev–Trinajstić information content (AvgIpc) is 2.54. The number of nitrogens with one attached hydrogen (secondary N) is 1. The minimum Gasteiger partial charge on any atom is -0.379 e. The third-order valence-corrected chi connectivity index (χ3v) is 3.85. The average molecular weight is 286 g/mol. The number of benzene rings is 1. The Bertz CT molecular complexity index is 556. The Labute approximate surface area is 127 Å². The minimum absolute atomic E-state index is 0.204. The van der Waals surface area contributed by atoms with Crippen LogP contribution in [0.15, 0.2) is 36.5 Å². The second kappa shape index (κ2) is 8.11. The molecule has 3 nitrogen and oxygen atoms in total. The highest BCUT2D eigenvalue weighted by atomic mass is 16.5. The quantitative estimate of drug-likeness (QED) is 0.793. The fourth-order valence-electron chi connectivity index (χ4n) is 2.76. The molecule has 1 aromatic heterocycles. The van der Waals surface area contributed by atoms with E-state index in [1.807, 2.05) is 19.4 Å². The van der Waals surface area contributed by atoms with Gasteiger partial charge in [-0.25, -0.2) is 0 Å². The number of hydrogen-bond acceptors (Lipinski definition) is 3. The molecule has 21 heavy (non-hydrogen) atoms. The normalized spacial score (nSPS) is 14.2. The van der Waals surface area contributed by atoms with Crippen LogP contribution in [0.5, 0.6) is 0 Å². The van der Waals surface area contributed by atoms with Gasteiger partial charge < -0.3 is 10.1 Å². The molecule has 1 N–H and O–H groups in total. The lowest BCUT2D eigenvalue weighted by Crippen LogP contribution is -2.33. The lowest BCUT2D eigenvalue weighted by Gasteiger charge is -2.27. The first-order chi connectivity index (χ1) is 10.3. The number of hydrogen-bond donors (Lipinski definition) is 1. The number of methoxy groups -OCH3 is 1. The Morgan fingerprint density at radius 1 is 1.19 bits per heavy atom. The predicted octanol–water partition coefficient (Wildman–Crippen LogP) is 4.09. The number of ether oxygens (including phenoxy) is 1. The molecule has 0 saturated heterocycles. The lowest BCUT2D eigenvalue weighted by atomic mass is 9.96. The van der Waals surface area contributed by atoms with Crippen LogP contribution < -0.4 is 5.32 Å². The van der Waals surface area contributed by atoms with Gasteiger partial charge in [0.15, 0.2) is 0 Å². The molecule has 3 heteroatoms. The van der Waals surface area contributed by atoms with Crippen molar-refractivity contribution in [1.82, 2.24) is 10.3 Å². The highest BCUT2D eigenvalue weighted by Crippen LogP contribution is 2.25. The standard InChI is InChI=1S/C18H26N2O/c1-4-7-17(21-3)18(20-11-5-2)15-9-10-16-14(13-15)8-6-12-19-16/h6,8-10,12-13,17-18,20H,4-5,7,11H2,1-3H3. The molecule has 2 atom stereocenters. The van der Waals surface area contributed by atoms with E-state index in [0.29, 0.717) is 0 Å². The first kappa shape index (κ1) is 15.9. The van der Waals surface area contributed by atoms with Crippen LogP contribution >= 0.6 is 0 Å². The van der Waals surface area contributed by atoms with E-state index < -0.39 is 0 Å². The van der Waals surface area contributed by atoms with Gasteiger partial charge in [-0.05, 0) is 43.1 Å². The van der Waals surface area contributed by atoms with E-state index >= 15 is 0 Å². The van der Waals surface area contributed by atoms with E-state index in [-0.39, 0.29) is 12.1 Å². The van der Waals surface area contributed by atoms with Crippen LogP contribution in [-0.4, -0.2) is 24.7 Å². The van der Waals surface area contributed by atoms with Gasteiger partial charge in [0.05, 0.1) is 17.7 Å². The highest BCUT2D eigenvalue weighted by Gasteiger charge is 2.22. The van der Waals surface area contributed by atoms with E-state index in [1.54, 1.807) is 0 Å². The molecule has 0 saturated carbocycles. The van der Waals surface area contributed by atoms with Gasteiger partial charge in [-0.1, -0.05) is 32.4 Å². The number of nitrogens with zero attached hydrogens (tertiary/aromatic N) is 1. The fourth-order valence-corrected chi connectivity index (χ4v) is 2.76. The maximum Gasteiger partial charge on any atom is 0.0765 e. The van der Waals surface area contributed by atoms with E-state index in [9.17, 15) is 0 Å². The summed E-state index contributed by atoms with van der Waals surface area (Å²) in [6.07, 6.45) is 5.34. The molecule has 114 valence electrons. The first-order valence-electron chi connectivity index (χ1n) is 7.91. The van der Waals surface area contributed by atoms with E-state index in [1.165, 1.54) is 10.9 Å². The molecule has 1 heterocycles. The summed E-state index contributed by atoms with van der Waals surface area (Å²) in [6, 6.07) is 10.8. The second-order valence-corrected chi connectivity index (χ2v) is 5.45. The van der Waals surface area contributed by atoms with Crippen molar-refractivity contribution in [1.29, 1.82) is 0 Å². The molecule has 0 fully saturated rings. The summed E-state index contributed by atoms with van der Waals surface area (Å²) >= 11 is 0. The molecule has 0 aliphatic carbocycles. The highest BCUT2D eigenvalue weighted by molar-refractivity contribution is 5.79. The summed E-state index contributed by atoms with van der Waals surface area (Å²) in [4.78, 5) is 4.39. The molecule has 0 spiro atoms. The Hall–Kier alpha value is -1.45. The lowest BCUT2D eigenvalue weighted by molar-refractivity contribution is 0.0606. The number of pyridine rings is 1. The topological polar surface area (TPSA) is 34.2 Å². The largest absolute Gasteiger partial charge is 0.379 e. The van der Waals surface area contributed by atoms with Crippen molar-refractivity contribution in [2.24, 2.45) is 0 Å². The predicted molar refractivity (Wildman–Crippen MR) is 88.5 cm³/mol. The van der Waals surface area contributed by atoms with Gasteiger partial charge in [0, 0.05) is 18.7 Å². The SMILES string of the molecule is CCCNC(c1ccc2ncccc2c1)C(CCC)OC. The van der Waals surface area contributed by atoms with Crippen LogP contribution in [0.3, 0.4) is 0 Å². The molecule has 0 aliphatic rings. The Morgan fingerprint density at radius 2 is 2.05 bits per heavy atom. The van der Waals surface area contributed by atoms with Crippen LogP contribution in [0.2, 0.25) is 0 Å². The zero-order chi connectivity index (χ0) is 15.1. The van der Waals surface area contributed by atoms with Crippen molar-refractivity contribution in [2.75, 3.05) is 13.7 Å². The van der Waals surface area contributed by atoms with Gasteiger partial charge in [0.25, 0.3) is 0 Å². The number of fused-ring (bicyclic) bond motifs is 1. The van der Waals surface area contributed by atoms with Crippen LogP contribution in [0.1, 0.15) is 44.7 Å². The Balaban J connectivity index is 2.32. The van der Waals surface area contributed by atoms with Crippen LogP contribution in [0, 0.1) is 0 Å². The monoisotopic (exact) mass is 286 g/mol. The van der Waals surface area contributed by atoms with E-state index in [4.69, 9.17) is 4.74 Å². The molecular formula is C18H26N2O. The summed E-state index contributed by atoms with van der Waals surface area (Å²) in [5, 5.41) is 4.83. The van der Waals surface area contributed by atoms with E-state index in [0.717, 1.165) is 31.3 Å². The first-order valence-corrected chi connectivity index (χ1v) is 7.91. The number of rotatable bonds is 8. The van der Waals surface area contributed by atoms with Crippen molar-refractivity contribution in [2.45, 2.75) is 45.3 Å². The van der Waals surface area contributed by atoms with Crippen LogP contribution in [0.4, 0.5) is 0 Å². The number of aromatic nitrogens is 1. The summed E-state index contributed by atoms with van der Waals surface area (Å²) in [5.41, 5.74) is 2.32. The van der Waals surface area contributed by atoms with Gasteiger partial charge in [0.2, 0.25) is 0 Å². The van der Waals surface area contributed by atoms with Crippen molar-refractivity contribution in [3.8, 4) is 0 Å². The van der Waals surface area contributed by atoms with Crippen molar-refractivity contribution < 1.29 is 4.74 Å². The summed E-state index contributed by atoms with van der Waals surface area (Å²) < 4.78 is 5.74. The molecule has 0 radical (unpaired) electrons. The maximum absolute atomic E-state index is 5.74. The second-order valence-electron chi connectivity index (χ2n) is 5.45. The molecule has 0 amide bonds. The molecule has 1 aromatic carbocycles. The van der Waals surface area contributed by atoms with Gasteiger partial charge in [0.1, 0.15) is 0 Å².